The fraction of sp³-hybridized carbons (Fsp3) is 0.333. The van der Waals surface area contributed by atoms with Gasteiger partial charge in [-0.2, -0.15) is 52.7 Å². The van der Waals surface area contributed by atoms with Crippen molar-refractivity contribution in [3.8, 4) is 0 Å². The number of benzene rings is 2. The first-order chi connectivity index (χ1) is 14.7. The summed E-state index contributed by atoms with van der Waals surface area (Å²) in [5.41, 5.74) is -4.78. The van der Waals surface area contributed by atoms with Crippen LogP contribution in [-0.4, -0.2) is 33.1 Å². The molecule has 0 radical (unpaired) electrons. The molecule has 0 spiro atoms. The van der Waals surface area contributed by atoms with Crippen molar-refractivity contribution >= 4 is 9.84 Å². The van der Waals surface area contributed by atoms with Crippen LogP contribution in [0.3, 0.4) is 0 Å². The zero-order chi connectivity index (χ0) is 25.7. The molecule has 15 heteroatoms. The van der Waals surface area contributed by atoms with E-state index in [-0.39, 0.29) is 24.3 Å². The third-order valence-electron chi connectivity index (χ3n) is 4.76. The fourth-order valence-electron chi connectivity index (χ4n) is 3.47. The molecule has 2 nitrogen and oxygen atoms in total. The predicted molar refractivity (Wildman–Crippen MR) is 89.4 cm³/mol. The summed E-state index contributed by atoms with van der Waals surface area (Å²) in [7, 11) is -8.42. The Morgan fingerprint density at radius 2 is 0.636 bits per heavy atom. The Kier molecular flexibility index (Phi) is 6.34. The number of alkyl halides is 12. The summed E-state index contributed by atoms with van der Waals surface area (Å²) in [6.07, 6.45) is -28.8. The maximum Gasteiger partial charge on any atom is 0.421 e. The SMILES string of the molecule is O=S(=O)(C(c1ccccc1)(C(F)(F)F)C(F)(F)F)C(c1ccccc1)(C(F)(F)F)C(F)(F)F. The zero-order valence-corrected chi connectivity index (χ0v) is 16.4. The smallest absolute Gasteiger partial charge is 0.226 e. The van der Waals surface area contributed by atoms with Gasteiger partial charge < -0.3 is 0 Å². The van der Waals surface area contributed by atoms with Crippen molar-refractivity contribution in [1.29, 1.82) is 0 Å². The van der Waals surface area contributed by atoms with Gasteiger partial charge in [-0.3, -0.25) is 0 Å². The first-order valence-electron chi connectivity index (χ1n) is 8.33. The Labute approximate surface area is 177 Å². The third-order valence-corrected chi connectivity index (χ3v) is 7.77. The molecule has 0 atom stereocenters. The molecule has 2 aromatic rings. The minimum Gasteiger partial charge on any atom is -0.226 e. The van der Waals surface area contributed by atoms with Crippen molar-refractivity contribution in [2.75, 3.05) is 0 Å². The molecule has 0 bridgehead atoms. The molecule has 2 aromatic carbocycles. The molecule has 0 aliphatic carbocycles. The van der Waals surface area contributed by atoms with Gasteiger partial charge in [0, 0.05) is 0 Å². The molecule has 0 aromatic heterocycles. The van der Waals surface area contributed by atoms with Gasteiger partial charge in [0.15, 0.2) is 0 Å². The van der Waals surface area contributed by atoms with Crippen LogP contribution in [0.1, 0.15) is 11.1 Å². The molecule has 0 aliphatic heterocycles. The van der Waals surface area contributed by atoms with Gasteiger partial charge in [-0.15, -0.1) is 0 Å². The molecule has 0 aliphatic rings. The van der Waals surface area contributed by atoms with E-state index in [9.17, 15) is 61.1 Å². The largest absolute Gasteiger partial charge is 0.421 e. The maximum atomic E-state index is 14.0. The lowest BCUT2D eigenvalue weighted by atomic mass is 9.95. The Balaban J connectivity index is 3.33. The Bertz CT molecular complexity index is 956. The maximum absolute atomic E-state index is 14.0. The van der Waals surface area contributed by atoms with E-state index < -0.39 is 55.2 Å². The second kappa shape index (κ2) is 7.81. The van der Waals surface area contributed by atoms with Crippen molar-refractivity contribution < 1.29 is 61.1 Å². The number of hydrogen-bond donors (Lipinski definition) is 0. The van der Waals surface area contributed by atoms with Crippen LogP contribution in [0.5, 0.6) is 0 Å². The van der Waals surface area contributed by atoms with E-state index in [1.807, 2.05) is 0 Å². The molecule has 0 fully saturated rings. The number of halogens is 12. The molecule has 33 heavy (non-hydrogen) atoms. The average molecular weight is 518 g/mol. The van der Waals surface area contributed by atoms with Gasteiger partial charge >= 0.3 is 24.7 Å². The van der Waals surface area contributed by atoms with Crippen molar-refractivity contribution in [1.82, 2.24) is 0 Å². The summed E-state index contributed by atoms with van der Waals surface area (Å²) in [5.74, 6) is 0. The van der Waals surface area contributed by atoms with E-state index in [1.165, 1.54) is 0 Å². The lowest BCUT2D eigenvalue weighted by Crippen LogP contribution is -2.70. The Morgan fingerprint density at radius 3 is 0.818 bits per heavy atom. The highest BCUT2D eigenvalue weighted by Crippen LogP contribution is 2.66. The molecular formula is C18H10F12O2S. The molecule has 0 amide bonds. The summed E-state index contributed by atoms with van der Waals surface area (Å²) in [6.45, 7) is 0. The molecule has 0 saturated carbocycles. The number of sulfone groups is 1. The number of rotatable bonds is 4. The van der Waals surface area contributed by atoms with Crippen LogP contribution >= 0.6 is 0 Å². The highest BCUT2D eigenvalue weighted by atomic mass is 32.2. The Morgan fingerprint density at radius 1 is 0.424 bits per heavy atom. The zero-order valence-electron chi connectivity index (χ0n) is 15.5. The van der Waals surface area contributed by atoms with E-state index in [4.69, 9.17) is 0 Å². The van der Waals surface area contributed by atoms with Crippen LogP contribution in [0.25, 0.3) is 0 Å². The van der Waals surface area contributed by atoms with Crippen LogP contribution in [0.15, 0.2) is 60.7 Å². The first kappa shape index (κ1) is 26.8. The second-order valence-electron chi connectivity index (χ2n) is 6.59. The standard InChI is InChI=1S/C18H10F12O2S/c19-15(20,21)13(16(22,23)24,11-7-3-1-4-8-11)33(31,32)14(17(25,26)27,18(28,29)30)12-9-5-2-6-10-12/h1-10H. The van der Waals surface area contributed by atoms with Gasteiger partial charge in [-0.1, -0.05) is 60.7 Å². The second-order valence-corrected chi connectivity index (χ2v) is 8.82. The molecule has 0 saturated heterocycles. The molecule has 0 N–H and O–H groups in total. The third kappa shape index (κ3) is 3.54. The predicted octanol–water partition coefficient (Wildman–Crippen LogP) is 6.44. The van der Waals surface area contributed by atoms with E-state index in [1.54, 1.807) is 0 Å². The molecule has 0 heterocycles. The normalized spacial score (nSPS) is 14.9. The lowest BCUT2D eigenvalue weighted by Gasteiger charge is -2.45. The van der Waals surface area contributed by atoms with Crippen molar-refractivity contribution in [2.24, 2.45) is 0 Å². The summed E-state index contributed by atoms with van der Waals surface area (Å²) < 4.78 is 181. The highest BCUT2D eigenvalue weighted by molar-refractivity contribution is 7.93. The van der Waals surface area contributed by atoms with Crippen LogP contribution in [0, 0.1) is 0 Å². The van der Waals surface area contributed by atoms with Crippen LogP contribution in [0.4, 0.5) is 52.7 Å². The minimum atomic E-state index is -8.42. The summed E-state index contributed by atoms with van der Waals surface area (Å²) in [4.78, 5) is 0. The van der Waals surface area contributed by atoms with Gasteiger partial charge in [0.1, 0.15) is 0 Å². The molecule has 2 rings (SSSR count). The van der Waals surface area contributed by atoms with Gasteiger partial charge in [0.25, 0.3) is 9.49 Å². The van der Waals surface area contributed by atoms with Gasteiger partial charge in [-0.25, -0.2) is 8.42 Å². The topological polar surface area (TPSA) is 34.1 Å². The first-order valence-corrected chi connectivity index (χ1v) is 9.81. The van der Waals surface area contributed by atoms with Crippen LogP contribution in [-0.2, 0) is 19.3 Å². The molecule has 184 valence electrons. The number of hydrogen-bond acceptors (Lipinski definition) is 2. The average Bonchev–Trinajstić information content (AvgIpc) is 2.58. The summed E-state index contributed by atoms with van der Waals surface area (Å²) in [6, 6.07) is 2.52. The van der Waals surface area contributed by atoms with Crippen molar-refractivity contribution in [2.45, 2.75) is 34.2 Å². The van der Waals surface area contributed by atoms with E-state index in [0.717, 1.165) is 12.1 Å². The van der Waals surface area contributed by atoms with Gasteiger partial charge in [0.2, 0.25) is 9.84 Å². The van der Waals surface area contributed by atoms with Crippen molar-refractivity contribution in [3.05, 3.63) is 71.8 Å². The summed E-state index contributed by atoms with van der Waals surface area (Å²) >= 11 is 0. The highest BCUT2D eigenvalue weighted by Gasteiger charge is 2.91. The van der Waals surface area contributed by atoms with Crippen LogP contribution < -0.4 is 0 Å². The van der Waals surface area contributed by atoms with Crippen molar-refractivity contribution in [3.63, 3.8) is 0 Å². The van der Waals surface area contributed by atoms with E-state index in [0.29, 0.717) is 24.3 Å². The lowest BCUT2D eigenvalue weighted by molar-refractivity contribution is -0.287. The minimum absolute atomic E-state index is 0.166. The van der Waals surface area contributed by atoms with Crippen LogP contribution in [0.2, 0.25) is 0 Å². The Hall–Kier alpha value is -2.45. The fourth-order valence-corrected chi connectivity index (χ4v) is 6.04. The molecule has 0 unspecified atom stereocenters. The molecular weight excluding hydrogens is 508 g/mol. The van der Waals surface area contributed by atoms with E-state index >= 15 is 0 Å². The quantitative estimate of drug-likeness (QED) is 0.437. The van der Waals surface area contributed by atoms with Gasteiger partial charge in [-0.05, 0) is 11.1 Å². The van der Waals surface area contributed by atoms with E-state index in [2.05, 4.69) is 0 Å². The monoisotopic (exact) mass is 518 g/mol. The van der Waals surface area contributed by atoms with Gasteiger partial charge in [0.05, 0.1) is 0 Å². The summed E-state index contributed by atoms with van der Waals surface area (Å²) in [5, 5.41) is 0.